The van der Waals surface area contributed by atoms with E-state index in [0.717, 1.165) is 5.56 Å². The zero-order chi connectivity index (χ0) is 19.2. The minimum Gasteiger partial charge on any atom is -0.339 e. The van der Waals surface area contributed by atoms with Gasteiger partial charge in [-0.2, -0.15) is 4.98 Å². The molecule has 8 heteroatoms. The number of rotatable bonds is 6. The molecule has 0 atom stereocenters. The Morgan fingerprint density at radius 3 is 2.63 bits per heavy atom. The van der Waals surface area contributed by atoms with Gasteiger partial charge in [0.15, 0.2) is 0 Å². The Kier molecular flexibility index (Phi) is 5.55. The van der Waals surface area contributed by atoms with E-state index in [4.69, 9.17) is 4.52 Å². The van der Waals surface area contributed by atoms with Crippen molar-refractivity contribution in [1.29, 1.82) is 0 Å². The maximum Gasteiger partial charge on any atom is 0.227 e. The molecule has 1 heterocycles. The third-order valence-electron chi connectivity index (χ3n) is 3.63. The first-order valence-corrected chi connectivity index (χ1v) is 8.26. The molecular weight excluding hydrogens is 351 g/mol. The van der Waals surface area contributed by atoms with Crippen LogP contribution < -0.4 is 10.6 Å². The Hall–Kier alpha value is -3.55. The van der Waals surface area contributed by atoms with Crippen LogP contribution in [0.15, 0.2) is 53.1 Å². The maximum atomic E-state index is 13.9. The number of carbonyl (C=O) groups excluding carboxylic acids is 2. The van der Waals surface area contributed by atoms with Crippen LogP contribution in [-0.4, -0.2) is 22.0 Å². The van der Waals surface area contributed by atoms with E-state index in [1.807, 2.05) is 30.3 Å². The van der Waals surface area contributed by atoms with E-state index < -0.39 is 11.7 Å². The summed E-state index contributed by atoms with van der Waals surface area (Å²) in [5.41, 5.74) is 1.19. The number of nitrogens with zero attached hydrogens (tertiary/aromatic N) is 2. The Balaban J connectivity index is 1.59. The Bertz CT molecular complexity index is 957. The summed E-state index contributed by atoms with van der Waals surface area (Å²) in [6, 6.07) is 13.3. The second-order valence-corrected chi connectivity index (χ2v) is 5.80. The summed E-state index contributed by atoms with van der Waals surface area (Å²) in [6.45, 7) is 1.34. The van der Waals surface area contributed by atoms with Gasteiger partial charge in [-0.3, -0.25) is 9.59 Å². The van der Waals surface area contributed by atoms with E-state index >= 15 is 0 Å². The number of halogens is 1. The van der Waals surface area contributed by atoms with Gasteiger partial charge in [-0.25, -0.2) is 4.39 Å². The zero-order valence-corrected chi connectivity index (χ0v) is 14.5. The third-order valence-corrected chi connectivity index (χ3v) is 3.63. The van der Waals surface area contributed by atoms with Crippen LogP contribution in [0, 0.1) is 5.82 Å². The van der Waals surface area contributed by atoms with Gasteiger partial charge in [0.1, 0.15) is 5.82 Å². The lowest BCUT2D eigenvalue weighted by atomic mass is 10.2. The van der Waals surface area contributed by atoms with Crippen LogP contribution in [0.2, 0.25) is 0 Å². The fraction of sp³-hybridized carbons (Fsp3) is 0.158. The summed E-state index contributed by atoms with van der Waals surface area (Å²) in [6.07, 6.45) is 0.263. The molecule has 0 aliphatic heterocycles. The molecule has 0 fully saturated rings. The molecule has 7 nitrogen and oxygen atoms in total. The van der Waals surface area contributed by atoms with E-state index in [0.29, 0.717) is 17.4 Å². The average molecular weight is 368 g/mol. The molecule has 3 aromatic rings. The van der Waals surface area contributed by atoms with Gasteiger partial charge in [-0.1, -0.05) is 35.5 Å². The number of aryl methyl sites for hydroxylation is 1. The smallest absolute Gasteiger partial charge is 0.227 e. The van der Waals surface area contributed by atoms with Crippen molar-refractivity contribution in [3.8, 4) is 11.4 Å². The summed E-state index contributed by atoms with van der Waals surface area (Å²) in [4.78, 5) is 27.4. The van der Waals surface area contributed by atoms with Crippen molar-refractivity contribution >= 4 is 23.2 Å². The molecule has 2 amide bonds. The quantitative estimate of drug-likeness (QED) is 0.695. The highest BCUT2D eigenvalue weighted by molar-refractivity contribution is 5.93. The number of carbonyl (C=O) groups is 2. The number of aromatic nitrogens is 2. The van der Waals surface area contributed by atoms with Crippen molar-refractivity contribution in [3.05, 3.63) is 60.2 Å². The number of amides is 2. The largest absolute Gasteiger partial charge is 0.339 e. The van der Waals surface area contributed by atoms with Gasteiger partial charge in [0.25, 0.3) is 0 Å². The van der Waals surface area contributed by atoms with Crippen molar-refractivity contribution in [3.63, 3.8) is 0 Å². The van der Waals surface area contributed by atoms with Crippen molar-refractivity contribution < 1.29 is 18.5 Å². The average Bonchev–Trinajstić information content (AvgIpc) is 3.12. The van der Waals surface area contributed by atoms with Crippen molar-refractivity contribution in [1.82, 2.24) is 10.1 Å². The molecule has 1 aromatic heterocycles. The summed E-state index contributed by atoms with van der Waals surface area (Å²) >= 11 is 0. The van der Waals surface area contributed by atoms with Gasteiger partial charge >= 0.3 is 0 Å². The van der Waals surface area contributed by atoms with Gasteiger partial charge < -0.3 is 15.2 Å². The Morgan fingerprint density at radius 2 is 1.89 bits per heavy atom. The SMILES string of the molecule is CC(=O)Nc1ccc(F)c(NC(=O)CCc2nc(-c3ccccc3)no2)c1. The lowest BCUT2D eigenvalue weighted by Gasteiger charge is -2.08. The van der Waals surface area contributed by atoms with E-state index in [-0.39, 0.29) is 24.4 Å². The van der Waals surface area contributed by atoms with E-state index in [2.05, 4.69) is 20.8 Å². The lowest BCUT2D eigenvalue weighted by molar-refractivity contribution is -0.116. The highest BCUT2D eigenvalue weighted by Crippen LogP contribution is 2.20. The Morgan fingerprint density at radius 1 is 1.11 bits per heavy atom. The van der Waals surface area contributed by atoms with E-state index in [1.165, 1.54) is 25.1 Å². The van der Waals surface area contributed by atoms with Crippen LogP contribution in [0.5, 0.6) is 0 Å². The summed E-state index contributed by atoms with van der Waals surface area (Å²) in [7, 11) is 0. The number of nitrogens with one attached hydrogen (secondary N) is 2. The molecule has 3 rings (SSSR count). The summed E-state index contributed by atoms with van der Waals surface area (Å²) in [5.74, 6) is -0.532. The van der Waals surface area contributed by atoms with Crippen LogP contribution in [-0.2, 0) is 16.0 Å². The molecule has 0 bridgehead atoms. The highest BCUT2D eigenvalue weighted by Gasteiger charge is 2.12. The zero-order valence-electron chi connectivity index (χ0n) is 14.5. The predicted molar refractivity (Wildman–Crippen MR) is 97.4 cm³/mol. The highest BCUT2D eigenvalue weighted by atomic mass is 19.1. The van der Waals surface area contributed by atoms with Crippen LogP contribution in [0.3, 0.4) is 0 Å². The molecule has 0 saturated carbocycles. The van der Waals surface area contributed by atoms with E-state index in [9.17, 15) is 14.0 Å². The molecule has 0 radical (unpaired) electrons. The van der Waals surface area contributed by atoms with Gasteiger partial charge in [0, 0.05) is 31.0 Å². The molecule has 0 aliphatic carbocycles. The molecule has 0 unspecified atom stereocenters. The van der Waals surface area contributed by atoms with Crippen LogP contribution in [0.25, 0.3) is 11.4 Å². The first kappa shape index (κ1) is 18.2. The first-order chi connectivity index (χ1) is 13.0. The number of hydrogen-bond donors (Lipinski definition) is 2. The maximum absolute atomic E-state index is 13.9. The molecule has 0 aliphatic rings. The monoisotopic (exact) mass is 368 g/mol. The molecule has 0 spiro atoms. The first-order valence-electron chi connectivity index (χ1n) is 8.26. The molecule has 2 N–H and O–H groups in total. The summed E-state index contributed by atoms with van der Waals surface area (Å²) in [5, 5.41) is 8.89. The van der Waals surface area contributed by atoms with Gasteiger partial charge in [-0.05, 0) is 18.2 Å². The Labute approximate surface area is 154 Å². The molecule has 2 aromatic carbocycles. The number of hydrogen-bond acceptors (Lipinski definition) is 5. The van der Waals surface area contributed by atoms with Gasteiger partial charge in [0.05, 0.1) is 5.69 Å². The summed E-state index contributed by atoms with van der Waals surface area (Å²) < 4.78 is 19.0. The normalized spacial score (nSPS) is 10.4. The number of benzene rings is 2. The lowest BCUT2D eigenvalue weighted by Crippen LogP contribution is -2.14. The van der Waals surface area contributed by atoms with Crippen molar-refractivity contribution in [2.75, 3.05) is 10.6 Å². The number of anilines is 2. The second-order valence-electron chi connectivity index (χ2n) is 5.80. The predicted octanol–water partition coefficient (Wildman–Crippen LogP) is 3.41. The molecule has 138 valence electrons. The van der Waals surface area contributed by atoms with E-state index in [1.54, 1.807) is 0 Å². The van der Waals surface area contributed by atoms with Crippen molar-refractivity contribution in [2.45, 2.75) is 19.8 Å². The topological polar surface area (TPSA) is 97.1 Å². The van der Waals surface area contributed by atoms with Crippen molar-refractivity contribution in [2.24, 2.45) is 0 Å². The van der Waals surface area contributed by atoms with Gasteiger partial charge in [0.2, 0.25) is 23.5 Å². The molecule has 0 saturated heterocycles. The third kappa shape index (κ3) is 4.97. The minimum atomic E-state index is -0.596. The van der Waals surface area contributed by atoms with Crippen LogP contribution >= 0.6 is 0 Å². The minimum absolute atomic E-state index is 0.0123. The second kappa shape index (κ2) is 8.22. The standard InChI is InChI=1S/C19H17FN4O3/c1-12(25)21-14-7-8-15(20)16(11-14)22-17(26)9-10-18-23-19(24-27-18)13-5-3-2-4-6-13/h2-8,11H,9-10H2,1H3,(H,21,25)(H,22,26). The van der Waals surface area contributed by atoms with Crippen LogP contribution in [0.1, 0.15) is 19.2 Å². The van der Waals surface area contributed by atoms with Crippen LogP contribution in [0.4, 0.5) is 15.8 Å². The fourth-order valence-corrected chi connectivity index (χ4v) is 2.40. The molecule has 27 heavy (non-hydrogen) atoms. The molecular formula is C19H17FN4O3. The fourth-order valence-electron chi connectivity index (χ4n) is 2.40. The van der Waals surface area contributed by atoms with Gasteiger partial charge in [-0.15, -0.1) is 0 Å².